The molecule has 0 unspecified atom stereocenters. The average Bonchev–Trinajstić information content (AvgIpc) is 3.49. The summed E-state index contributed by atoms with van der Waals surface area (Å²) in [5, 5.41) is 0.0705. The van der Waals surface area contributed by atoms with E-state index in [0.717, 1.165) is 56.9 Å². The molecule has 2 aliphatic heterocycles. The Bertz CT molecular complexity index is 1030. The number of nitrogens with one attached hydrogen (secondary N) is 1. The number of halogens is 2. The summed E-state index contributed by atoms with van der Waals surface area (Å²) in [6.07, 6.45) is 8.37. The van der Waals surface area contributed by atoms with Gasteiger partial charge in [-0.3, -0.25) is 9.69 Å². The molecule has 194 valence electrons. The zero-order valence-corrected chi connectivity index (χ0v) is 21.3. The maximum atomic E-state index is 14.7. The predicted octanol–water partition coefficient (Wildman–Crippen LogP) is 3.35. The number of benzene rings is 1. The standard InChI is InChI=1S/C24H33ClFN3O5S/c25-21-11-20(22(26)12-23(21)33-15-16-3-1-2-4-16)24(30)27-35(31,32)29-9-7-18(8-10-29)34-19-13-28(14-19)17-5-6-17/h11-12,16-19H,1-10,13-15H2,(H,27,30). The van der Waals surface area contributed by atoms with E-state index in [-0.39, 0.29) is 36.1 Å². The number of likely N-dealkylation sites (tertiary alicyclic amines) is 1. The number of amides is 1. The first-order valence-corrected chi connectivity index (χ1v) is 14.4. The fourth-order valence-corrected chi connectivity index (χ4v) is 6.59. The Labute approximate surface area is 211 Å². The van der Waals surface area contributed by atoms with E-state index in [0.29, 0.717) is 25.4 Å². The summed E-state index contributed by atoms with van der Waals surface area (Å²) in [6.45, 7) is 2.83. The lowest BCUT2D eigenvalue weighted by atomic mass is 10.1. The van der Waals surface area contributed by atoms with Crippen LogP contribution in [0.5, 0.6) is 5.75 Å². The molecule has 5 rings (SSSR count). The Morgan fingerprint density at radius 2 is 1.74 bits per heavy atom. The second kappa shape index (κ2) is 10.5. The van der Waals surface area contributed by atoms with Gasteiger partial charge in [-0.1, -0.05) is 24.4 Å². The van der Waals surface area contributed by atoms with Crippen LogP contribution in [-0.4, -0.2) is 74.6 Å². The van der Waals surface area contributed by atoms with E-state index in [1.165, 1.54) is 17.1 Å². The molecular weight excluding hydrogens is 497 g/mol. The van der Waals surface area contributed by atoms with Gasteiger partial charge in [-0.15, -0.1) is 0 Å². The van der Waals surface area contributed by atoms with E-state index in [1.54, 1.807) is 0 Å². The van der Waals surface area contributed by atoms with Gasteiger partial charge in [0.25, 0.3) is 5.91 Å². The Kier molecular flexibility index (Phi) is 7.56. The molecule has 1 amide bonds. The van der Waals surface area contributed by atoms with Crippen LogP contribution in [0.3, 0.4) is 0 Å². The number of carbonyl (C=O) groups is 1. The predicted molar refractivity (Wildman–Crippen MR) is 129 cm³/mol. The van der Waals surface area contributed by atoms with Crippen molar-refractivity contribution in [2.24, 2.45) is 5.92 Å². The summed E-state index contributed by atoms with van der Waals surface area (Å²) in [4.78, 5) is 15.0. The summed E-state index contributed by atoms with van der Waals surface area (Å²) in [7, 11) is -4.12. The minimum absolute atomic E-state index is 0.0107. The minimum atomic E-state index is -4.12. The number of rotatable bonds is 9. The Morgan fingerprint density at radius 3 is 2.40 bits per heavy atom. The van der Waals surface area contributed by atoms with E-state index in [9.17, 15) is 17.6 Å². The van der Waals surface area contributed by atoms with Gasteiger partial charge in [0.05, 0.1) is 29.4 Å². The van der Waals surface area contributed by atoms with Crippen LogP contribution in [-0.2, 0) is 14.9 Å². The summed E-state index contributed by atoms with van der Waals surface area (Å²) >= 11 is 6.21. The highest BCUT2D eigenvalue weighted by Gasteiger charge is 2.40. The molecule has 0 bridgehead atoms. The molecule has 0 atom stereocenters. The summed E-state index contributed by atoms with van der Waals surface area (Å²) < 4.78 is 55.2. The van der Waals surface area contributed by atoms with E-state index in [2.05, 4.69) is 4.90 Å². The Balaban J connectivity index is 1.11. The highest BCUT2D eigenvalue weighted by molar-refractivity contribution is 7.87. The van der Waals surface area contributed by atoms with Crippen LogP contribution in [0.4, 0.5) is 4.39 Å². The first-order chi connectivity index (χ1) is 16.8. The normalized spacial score (nSPS) is 23.4. The van der Waals surface area contributed by atoms with Crippen molar-refractivity contribution >= 4 is 27.7 Å². The molecule has 2 heterocycles. The van der Waals surface area contributed by atoms with Gasteiger partial charge in [-0.05, 0) is 50.5 Å². The van der Waals surface area contributed by atoms with Crippen molar-refractivity contribution in [1.82, 2.24) is 13.9 Å². The van der Waals surface area contributed by atoms with Gasteiger partial charge in [0.15, 0.2) is 0 Å². The molecule has 4 fully saturated rings. The summed E-state index contributed by atoms with van der Waals surface area (Å²) in [6, 6.07) is 2.91. The SMILES string of the molecule is O=C(NS(=O)(=O)N1CCC(OC2CN(C3CC3)C2)CC1)c1cc(Cl)c(OCC2CCCC2)cc1F. The number of hydrogen-bond donors (Lipinski definition) is 1. The molecule has 1 aromatic carbocycles. The quantitative estimate of drug-likeness (QED) is 0.528. The summed E-state index contributed by atoms with van der Waals surface area (Å²) in [5.74, 6) is -1.36. The van der Waals surface area contributed by atoms with Crippen molar-refractivity contribution in [3.8, 4) is 5.75 Å². The third-order valence-corrected chi connectivity index (χ3v) is 9.29. The molecule has 2 aliphatic carbocycles. The van der Waals surface area contributed by atoms with Crippen molar-refractivity contribution in [1.29, 1.82) is 0 Å². The van der Waals surface area contributed by atoms with Crippen LogP contribution in [0.2, 0.25) is 5.02 Å². The molecule has 11 heteroatoms. The van der Waals surface area contributed by atoms with Gasteiger partial charge < -0.3 is 9.47 Å². The molecule has 35 heavy (non-hydrogen) atoms. The molecular formula is C24H33ClFN3O5S. The van der Waals surface area contributed by atoms with Gasteiger partial charge in [-0.2, -0.15) is 12.7 Å². The molecule has 2 saturated carbocycles. The number of hydrogen-bond acceptors (Lipinski definition) is 6. The van der Waals surface area contributed by atoms with Crippen molar-refractivity contribution in [2.75, 3.05) is 32.8 Å². The van der Waals surface area contributed by atoms with Crippen LogP contribution in [0, 0.1) is 11.7 Å². The Morgan fingerprint density at radius 1 is 1.06 bits per heavy atom. The molecule has 0 spiro atoms. The maximum absolute atomic E-state index is 14.7. The zero-order chi connectivity index (χ0) is 24.6. The molecule has 1 N–H and O–H groups in total. The van der Waals surface area contributed by atoms with Gasteiger partial charge in [-0.25, -0.2) is 9.11 Å². The van der Waals surface area contributed by atoms with Crippen molar-refractivity contribution in [2.45, 2.75) is 69.6 Å². The van der Waals surface area contributed by atoms with E-state index >= 15 is 0 Å². The largest absolute Gasteiger partial charge is 0.492 e. The minimum Gasteiger partial charge on any atom is -0.492 e. The lowest BCUT2D eigenvalue weighted by molar-refractivity contribution is -0.105. The number of carbonyl (C=O) groups excluding carboxylic acids is 1. The maximum Gasteiger partial charge on any atom is 0.304 e. The first-order valence-electron chi connectivity index (χ1n) is 12.6. The van der Waals surface area contributed by atoms with Crippen LogP contribution in [0.25, 0.3) is 0 Å². The first kappa shape index (κ1) is 25.2. The van der Waals surface area contributed by atoms with Gasteiger partial charge in [0.2, 0.25) is 0 Å². The van der Waals surface area contributed by atoms with E-state index in [4.69, 9.17) is 21.1 Å². The van der Waals surface area contributed by atoms with Crippen molar-refractivity contribution in [3.63, 3.8) is 0 Å². The zero-order valence-electron chi connectivity index (χ0n) is 19.8. The topological polar surface area (TPSA) is 88.2 Å². The number of ether oxygens (including phenoxy) is 2. The van der Waals surface area contributed by atoms with Crippen LogP contribution in [0.1, 0.15) is 61.7 Å². The molecule has 1 aromatic rings. The lowest BCUT2D eigenvalue weighted by Gasteiger charge is -2.42. The van der Waals surface area contributed by atoms with Crippen LogP contribution >= 0.6 is 11.6 Å². The fourth-order valence-electron chi connectivity index (χ4n) is 5.21. The number of nitrogens with zero attached hydrogens (tertiary/aromatic N) is 2. The van der Waals surface area contributed by atoms with Crippen molar-refractivity contribution < 1.29 is 27.1 Å². The highest BCUT2D eigenvalue weighted by Crippen LogP contribution is 2.33. The third-order valence-electron chi connectivity index (χ3n) is 7.50. The average molecular weight is 530 g/mol. The van der Waals surface area contributed by atoms with Crippen LogP contribution < -0.4 is 9.46 Å². The summed E-state index contributed by atoms with van der Waals surface area (Å²) in [5.41, 5.74) is -0.435. The molecule has 0 aromatic heterocycles. The second-order valence-electron chi connectivity index (χ2n) is 10.2. The van der Waals surface area contributed by atoms with E-state index < -0.39 is 27.5 Å². The van der Waals surface area contributed by atoms with Gasteiger partial charge in [0.1, 0.15) is 11.6 Å². The van der Waals surface area contributed by atoms with Gasteiger partial charge >= 0.3 is 10.2 Å². The van der Waals surface area contributed by atoms with Crippen molar-refractivity contribution in [3.05, 3.63) is 28.5 Å². The van der Waals surface area contributed by atoms with E-state index in [1.807, 2.05) is 4.72 Å². The lowest BCUT2D eigenvalue weighted by Crippen LogP contribution is -2.55. The molecule has 0 radical (unpaired) electrons. The molecule has 8 nitrogen and oxygen atoms in total. The fraction of sp³-hybridized carbons (Fsp3) is 0.708. The molecule has 2 saturated heterocycles. The Hall–Kier alpha value is -1.46. The monoisotopic (exact) mass is 529 g/mol. The highest BCUT2D eigenvalue weighted by atomic mass is 35.5. The number of piperidine rings is 1. The third kappa shape index (κ3) is 6.10. The van der Waals surface area contributed by atoms with Crippen LogP contribution in [0.15, 0.2) is 12.1 Å². The second-order valence-corrected chi connectivity index (χ2v) is 12.3. The molecule has 4 aliphatic rings. The smallest absolute Gasteiger partial charge is 0.304 e. The van der Waals surface area contributed by atoms with Gasteiger partial charge in [0, 0.05) is 38.3 Å².